The van der Waals surface area contributed by atoms with Gasteiger partial charge in [0.15, 0.2) is 5.60 Å². The topological polar surface area (TPSA) is 98.9 Å². The molecule has 0 amide bonds. The number of carbonyl (C=O) groups excluding carboxylic acids is 1. The molecule has 1 N–H and O–H groups in total. The Morgan fingerprint density at radius 2 is 2.21 bits per heavy atom. The summed E-state index contributed by atoms with van der Waals surface area (Å²) in [7, 11) is 1.12. The SMILES string of the molecule is COC(=O)C(C)(O)COc1c(Br)cccc1[N+](=O)[O-]. The monoisotopic (exact) mass is 333 g/mol. The number of para-hydroxylation sites is 1. The highest BCUT2D eigenvalue weighted by Gasteiger charge is 2.33. The van der Waals surface area contributed by atoms with Crippen LogP contribution in [-0.4, -0.2) is 35.3 Å². The normalized spacial score (nSPS) is 13.5. The zero-order valence-corrected chi connectivity index (χ0v) is 11.8. The van der Waals surface area contributed by atoms with E-state index in [9.17, 15) is 20.0 Å². The van der Waals surface area contributed by atoms with E-state index in [2.05, 4.69) is 20.7 Å². The van der Waals surface area contributed by atoms with Gasteiger partial charge < -0.3 is 14.6 Å². The van der Waals surface area contributed by atoms with Gasteiger partial charge in [-0.2, -0.15) is 0 Å². The summed E-state index contributed by atoms with van der Waals surface area (Å²) < 4.78 is 9.92. The van der Waals surface area contributed by atoms with E-state index in [0.717, 1.165) is 7.11 Å². The van der Waals surface area contributed by atoms with Crippen LogP contribution in [0.4, 0.5) is 5.69 Å². The van der Waals surface area contributed by atoms with E-state index in [1.165, 1.54) is 19.1 Å². The number of hydrogen-bond donors (Lipinski definition) is 1. The summed E-state index contributed by atoms with van der Waals surface area (Å²) in [4.78, 5) is 21.5. The van der Waals surface area contributed by atoms with Crippen LogP contribution < -0.4 is 4.74 Å². The van der Waals surface area contributed by atoms with Crippen molar-refractivity contribution in [3.05, 3.63) is 32.8 Å². The van der Waals surface area contributed by atoms with Gasteiger partial charge in [0.1, 0.15) is 6.61 Å². The van der Waals surface area contributed by atoms with Crippen molar-refractivity contribution >= 4 is 27.6 Å². The van der Waals surface area contributed by atoms with Gasteiger partial charge in [0.05, 0.1) is 16.5 Å². The van der Waals surface area contributed by atoms with E-state index in [0.29, 0.717) is 4.47 Å². The lowest BCUT2D eigenvalue weighted by Crippen LogP contribution is -2.42. The summed E-state index contributed by atoms with van der Waals surface area (Å²) in [5, 5.41) is 20.6. The van der Waals surface area contributed by atoms with E-state index in [-0.39, 0.29) is 11.4 Å². The molecule has 0 heterocycles. The van der Waals surface area contributed by atoms with Gasteiger partial charge in [-0.15, -0.1) is 0 Å². The maximum Gasteiger partial charge on any atom is 0.341 e. The molecule has 1 unspecified atom stereocenters. The van der Waals surface area contributed by atoms with Crippen LogP contribution >= 0.6 is 15.9 Å². The van der Waals surface area contributed by atoms with E-state index in [1.54, 1.807) is 6.07 Å². The van der Waals surface area contributed by atoms with Crippen LogP contribution in [0, 0.1) is 10.1 Å². The number of nitro benzene ring substituents is 1. The van der Waals surface area contributed by atoms with E-state index >= 15 is 0 Å². The third-order valence-corrected chi connectivity index (χ3v) is 2.89. The molecule has 0 aliphatic carbocycles. The first kappa shape index (κ1) is 15.4. The van der Waals surface area contributed by atoms with Crippen molar-refractivity contribution in [3.8, 4) is 5.75 Å². The van der Waals surface area contributed by atoms with Crippen LogP contribution in [0.5, 0.6) is 5.75 Å². The molecule has 1 atom stereocenters. The van der Waals surface area contributed by atoms with Crippen LogP contribution in [-0.2, 0) is 9.53 Å². The second-order valence-electron chi connectivity index (χ2n) is 3.90. The number of rotatable bonds is 5. The van der Waals surface area contributed by atoms with Crippen LogP contribution in [0.25, 0.3) is 0 Å². The predicted molar refractivity (Wildman–Crippen MR) is 68.9 cm³/mol. The molecule has 104 valence electrons. The molecule has 0 saturated heterocycles. The number of methoxy groups -OCH3 is 1. The third kappa shape index (κ3) is 3.65. The van der Waals surface area contributed by atoms with Gasteiger partial charge in [-0.25, -0.2) is 4.79 Å². The quantitative estimate of drug-likeness (QED) is 0.499. The molecule has 1 rings (SSSR count). The average molecular weight is 334 g/mol. The van der Waals surface area contributed by atoms with Gasteiger partial charge in [-0.05, 0) is 28.9 Å². The van der Waals surface area contributed by atoms with Crippen LogP contribution in [0.2, 0.25) is 0 Å². The smallest absolute Gasteiger partial charge is 0.341 e. The van der Waals surface area contributed by atoms with Gasteiger partial charge >= 0.3 is 11.7 Å². The van der Waals surface area contributed by atoms with Crippen molar-refractivity contribution < 1.29 is 24.3 Å². The third-order valence-electron chi connectivity index (χ3n) is 2.27. The lowest BCUT2D eigenvalue weighted by molar-refractivity contribution is -0.386. The van der Waals surface area contributed by atoms with Gasteiger partial charge in [0, 0.05) is 6.07 Å². The van der Waals surface area contributed by atoms with Crippen molar-refractivity contribution in [2.24, 2.45) is 0 Å². The molecule has 1 aromatic rings. The second kappa shape index (κ2) is 5.98. The fraction of sp³-hybridized carbons (Fsp3) is 0.364. The Kier molecular flexibility index (Phi) is 4.84. The van der Waals surface area contributed by atoms with Crippen molar-refractivity contribution in [2.75, 3.05) is 13.7 Å². The number of hydrogen-bond acceptors (Lipinski definition) is 6. The molecule has 1 aromatic carbocycles. The maximum atomic E-state index is 11.3. The standard InChI is InChI=1S/C11H12BrNO6/c1-11(15,10(14)18-2)6-19-9-7(12)4-3-5-8(9)13(16)17/h3-5,15H,6H2,1-2H3. The zero-order chi connectivity index (χ0) is 14.6. The molecule has 0 bridgehead atoms. The van der Waals surface area contributed by atoms with Crippen molar-refractivity contribution in [3.63, 3.8) is 0 Å². The molecule has 19 heavy (non-hydrogen) atoms. The fourth-order valence-electron chi connectivity index (χ4n) is 1.28. The number of aliphatic hydroxyl groups is 1. The molecular weight excluding hydrogens is 322 g/mol. The number of carbonyl (C=O) groups is 1. The van der Waals surface area contributed by atoms with E-state index in [4.69, 9.17) is 4.74 Å². The minimum Gasteiger partial charge on any atom is -0.482 e. The number of esters is 1. The van der Waals surface area contributed by atoms with Gasteiger partial charge in [-0.3, -0.25) is 10.1 Å². The Bertz CT molecular complexity index is 502. The molecule has 0 aliphatic rings. The number of benzene rings is 1. The molecule has 0 radical (unpaired) electrons. The minimum absolute atomic E-state index is 0.0586. The first-order valence-electron chi connectivity index (χ1n) is 5.16. The van der Waals surface area contributed by atoms with Crippen molar-refractivity contribution in [1.29, 1.82) is 0 Å². The molecule has 0 aromatic heterocycles. The van der Waals surface area contributed by atoms with E-state index < -0.39 is 23.1 Å². The Balaban J connectivity index is 2.95. The average Bonchev–Trinajstić information content (AvgIpc) is 2.35. The summed E-state index contributed by atoms with van der Waals surface area (Å²) in [6.07, 6.45) is 0. The Morgan fingerprint density at radius 3 is 2.74 bits per heavy atom. The molecule has 8 heteroatoms. The minimum atomic E-state index is -1.89. The van der Waals surface area contributed by atoms with Crippen molar-refractivity contribution in [2.45, 2.75) is 12.5 Å². The largest absolute Gasteiger partial charge is 0.482 e. The lowest BCUT2D eigenvalue weighted by Gasteiger charge is -2.20. The molecule has 0 spiro atoms. The van der Waals surface area contributed by atoms with Gasteiger partial charge in [0.2, 0.25) is 5.75 Å². The fourth-order valence-corrected chi connectivity index (χ4v) is 1.75. The van der Waals surface area contributed by atoms with Gasteiger partial charge in [0.25, 0.3) is 0 Å². The molecule has 7 nitrogen and oxygen atoms in total. The Labute approximate surface area is 117 Å². The lowest BCUT2D eigenvalue weighted by atomic mass is 10.1. The van der Waals surface area contributed by atoms with Crippen molar-refractivity contribution in [1.82, 2.24) is 0 Å². The number of ether oxygens (including phenoxy) is 2. The summed E-state index contributed by atoms with van der Waals surface area (Å²) in [5.74, 6) is -0.945. The molecule has 0 fully saturated rings. The van der Waals surface area contributed by atoms with Crippen LogP contribution in [0.15, 0.2) is 22.7 Å². The molecule has 0 saturated carbocycles. The Hall–Kier alpha value is -1.67. The number of halogens is 1. The van der Waals surface area contributed by atoms with Gasteiger partial charge in [-0.1, -0.05) is 6.07 Å². The summed E-state index contributed by atoms with van der Waals surface area (Å²) in [5.41, 5.74) is -2.16. The zero-order valence-electron chi connectivity index (χ0n) is 10.3. The number of nitro groups is 1. The maximum absolute atomic E-state index is 11.3. The summed E-state index contributed by atoms with van der Waals surface area (Å²) in [6.45, 7) is 0.727. The van der Waals surface area contributed by atoms with Crippen LogP contribution in [0.3, 0.4) is 0 Å². The highest BCUT2D eigenvalue weighted by atomic mass is 79.9. The second-order valence-corrected chi connectivity index (χ2v) is 4.75. The van der Waals surface area contributed by atoms with E-state index in [1.807, 2.05) is 0 Å². The Morgan fingerprint density at radius 1 is 1.58 bits per heavy atom. The first-order valence-corrected chi connectivity index (χ1v) is 5.95. The predicted octanol–water partition coefficient (Wildman–Crippen LogP) is 1.66. The highest BCUT2D eigenvalue weighted by Crippen LogP contribution is 2.35. The first-order chi connectivity index (χ1) is 8.79. The summed E-state index contributed by atoms with van der Waals surface area (Å²) >= 11 is 3.11. The number of nitrogens with zero attached hydrogens (tertiary/aromatic N) is 1. The molecule has 0 aliphatic heterocycles. The van der Waals surface area contributed by atoms with Crippen LogP contribution in [0.1, 0.15) is 6.92 Å². The summed E-state index contributed by atoms with van der Waals surface area (Å²) in [6, 6.07) is 4.29. The molecular formula is C11H12BrNO6. The highest BCUT2D eigenvalue weighted by molar-refractivity contribution is 9.10.